The average molecular weight is 295 g/mol. The third-order valence-electron chi connectivity index (χ3n) is 4.09. The smallest absolute Gasteiger partial charge is 0.333 e. The first-order valence-corrected chi connectivity index (χ1v) is 7.74. The Labute approximate surface area is 125 Å². The lowest BCUT2D eigenvalue weighted by Gasteiger charge is -2.14. The van der Waals surface area contributed by atoms with Gasteiger partial charge >= 0.3 is 5.69 Å². The maximum Gasteiger partial charge on any atom is 0.333 e. The lowest BCUT2D eigenvalue weighted by atomic mass is 10.1. The van der Waals surface area contributed by atoms with Gasteiger partial charge in [0.05, 0.1) is 4.92 Å². The van der Waals surface area contributed by atoms with Crippen LogP contribution >= 0.6 is 0 Å². The number of likely N-dealkylation sites (tertiary alicyclic amines) is 1. The minimum atomic E-state index is -0.330. The molecule has 1 N–H and O–H groups in total. The molecule has 1 unspecified atom stereocenters. The lowest BCUT2D eigenvalue weighted by Crippen LogP contribution is -2.23. The van der Waals surface area contributed by atoms with Gasteiger partial charge in [-0.1, -0.05) is 13.8 Å². The van der Waals surface area contributed by atoms with Gasteiger partial charge in [0.2, 0.25) is 5.82 Å². The second-order valence-electron chi connectivity index (χ2n) is 5.69. The van der Waals surface area contributed by atoms with Crippen molar-refractivity contribution in [2.45, 2.75) is 40.2 Å². The zero-order chi connectivity index (χ0) is 15.4. The van der Waals surface area contributed by atoms with Crippen LogP contribution in [0.3, 0.4) is 0 Å². The van der Waals surface area contributed by atoms with Crippen molar-refractivity contribution in [2.24, 2.45) is 5.92 Å². The van der Waals surface area contributed by atoms with Crippen LogP contribution in [0.5, 0.6) is 0 Å². The molecule has 2 rings (SSSR count). The largest absolute Gasteiger partial charge is 0.364 e. The summed E-state index contributed by atoms with van der Waals surface area (Å²) < 4.78 is 1.74. The van der Waals surface area contributed by atoms with Crippen molar-refractivity contribution in [1.29, 1.82) is 0 Å². The molecular formula is C14H25N5O2. The molecule has 1 aromatic heterocycles. The van der Waals surface area contributed by atoms with Crippen LogP contribution in [0.1, 0.15) is 32.4 Å². The molecule has 0 aliphatic carbocycles. The van der Waals surface area contributed by atoms with E-state index in [2.05, 4.69) is 22.2 Å². The van der Waals surface area contributed by atoms with Gasteiger partial charge in [-0.25, -0.2) is 4.68 Å². The molecule has 0 spiro atoms. The fourth-order valence-corrected chi connectivity index (χ4v) is 2.95. The highest BCUT2D eigenvalue weighted by Crippen LogP contribution is 2.29. The fraction of sp³-hybridized carbons (Fsp3) is 0.786. The van der Waals surface area contributed by atoms with Gasteiger partial charge in [-0.15, -0.1) is 0 Å². The monoisotopic (exact) mass is 295 g/mol. The zero-order valence-electron chi connectivity index (χ0n) is 13.1. The Bertz CT molecular complexity index is 500. The van der Waals surface area contributed by atoms with Crippen LogP contribution in [0.25, 0.3) is 0 Å². The van der Waals surface area contributed by atoms with E-state index in [1.54, 1.807) is 11.6 Å². The van der Waals surface area contributed by atoms with Crippen molar-refractivity contribution >= 4 is 11.5 Å². The van der Waals surface area contributed by atoms with Crippen molar-refractivity contribution in [2.75, 3.05) is 31.5 Å². The van der Waals surface area contributed by atoms with Gasteiger partial charge in [0.15, 0.2) is 0 Å². The number of rotatable bonds is 7. The highest BCUT2D eigenvalue weighted by molar-refractivity contribution is 5.59. The Morgan fingerprint density at radius 3 is 2.81 bits per heavy atom. The van der Waals surface area contributed by atoms with E-state index >= 15 is 0 Å². The van der Waals surface area contributed by atoms with E-state index in [4.69, 9.17) is 0 Å². The predicted molar refractivity (Wildman–Crippen MR) is 82.6 cm³/mol. The van der Waals surface area contributed by atoms with E-state index in [9.17, 15) is 10.1 Å². The molecule has 21 heavy (non-hydrogen) atoms. The predicted octanol–water partition coefficient (Wildman–Crippen LogP) is 2.26. The van der Waals surface area contributed by atoms with Gasteiger partial charge in [-0.2, -0.15) is 5.10 Å². The van der Waals surface area contributed by atoms with E-state index in [1.165, 1.54) is 0 Å². The molecule has 0 amide bonds. The molecule has 2 heterocycles. The molecule has 1 aromatic rings. The van der Waals surface area contributed by atoms with Crippen molar-refractivity contribution in [3.8, 4) is 0 Å². The maximum atomic E-state index is 11.3. The first-order chi connectivity index (χ1) is 10.1. The number of nitrogens with zero attached hydrogens (tertiary/aromatic N) is 4. The van der Waals surface area contributed by atoms with Gasteiger partial charge in [0, 0.05) is 19.6 Å². The second kappa shape index (κ2) is 6.89. The molecular weight excluding hydrogens is 270 g/mol. The number of anilines is 1. The lowest BCUT2D eigenvalue weighted by molar-refractivity contribution is -0.384. The highest BCUT2D eigenvalue weighted by Gasteiger charge is 2.27. The minimum Gasteiger partial charge on any atom is -0.364 e. The van der Waals surface area contributed by atoms with Gasteiger partial charge in [-0.05, 0) is 38.8 Å². The summed E-state index contributed by atoms with van der Waals surface area (Å²) in [7, 11) is 0. The summed E-state index contributed by atoms with van der Waals surface area (Å²) >= 11 is 0. The van der Waals surface area contributed by atoms with Crippen molar-refractivity contribution in [3.63, 3.8) is 0 Å². The highest BCUT2D eigenvalue weighted by atomic mass is 16.6. The number of nitro groups is 1. The summed E-state index contributed by atoms with van der Waals surface area (Å²) in [5.74, 6) is 1.11. The van der Waals surface area contributed by atoms with Gasteiger partial charge in [0.1, 0.15) is 5.69 Å². The Morgan fingerprint density at radius 1 is 1.48 bits per heavy atom. The van der Waals surface area contributed by atoms with Crippen LogP contribution < -0.4 is 5.32 Å². The third kappa shape index (κ3) is 3.53. The van der Waals surface area contributed by atoms with Crippen LogP contribution in [0.4, 0.5) is 11.5 Å². The van der Waals surface area contributed by atoms with Crippen LogP contribution in [-0.2, 0) is 6.54 Å². The summed E-state index contributed by atoms with van der Waals surface area (Å²) in [5, 5.41) is 18.8. The molecule has 118 valence electrons. The molecule has 0 bridgehead atoms. The van der Waals surface area contributed by atoms with Crippen LogP contribution in [0.2, 0.25) is 0 Å². The number of aryl methyl sites for hydroxylation is 2. The van der Waals surface area contributed by atoms with Crippen molar-refractivity contribution in [3.05, 3.63) is 15.8 Å². The van der Waals surface area contributed by atoms with Gasteiger partial charge in [0.25, 0.3) is 0 Å². The van der Waals surface area contributed by atoms with Crippen LogP contribution in [0.15, 0.2) is 0 Å². The van der Waals surface area contributed by atoms with E-state index in [0.29, 0.717) is 24.0 Å². The number of hydrogen-bond acceptors (Lipinski definition) is 5. The number of aromatic nitrogens is 2. The summed E-state index contributed by atoms with van der Waals surface area (Å²) in [5.41, 5.74) is 0.603. The molecule has 1 aliphatic rings. The van der Waals surface area contributed by atoms with Crippen LogP contribution in [-0.4, -0.2) is 45.8 Å². The summed E-state index contributed by atoms with van der Waals surface area (Å²) in [6.45, 7) is 10.6. The van der Waals surface area contributed by atoms with Gasteiger partial charge < -0.3 is 10.2 Å². The average Bonchev–Trinajstić information content (AvgIpc) is 3.01. The molecule has 1 fully saturated rings. The summed E-state index contributed by atoms with van der Waals surface area (Å²) in [6, 6.07) is 0. The maximum absolute atomic E-state index is 11.3. The number of nitrogens with one attached hydrogen (secondary N) is 1. The minimum absolute atomic E-state index is 0.119. The van der Waals surface area contributed by atoms with Crippen molar-refractivity contribution in [1.82, 2.24) is 14.7 Å². The van der Waals surface area contributed by atoms with Crippen LogP contribution in [0, 0.1) is 23.0 Å². The summed E-state index contributed by atoms with van der Waals surface area (Å²) in [4.78, 5) is 13.3. The molecule has 7 nitrogen and oxygen atoms in total. The second-order valence-corrected chi connectivity index (χ2v) is 5.69. The van der Waals surface area contributed by atoms with Crippen molar-refractivity contribution < 1.29 is 4.92 Å². The standard InChI is InChI=1S/C14H25N5O2/c1-4-7-18-14(13(19(20)21)11(3)16-18)15-9-12-6-8-17(5-2)10-12/h12,15H,4-10H2,1-3H3. The SMILES string of the molecule is CCCn1nc(C)c([N+](=O)[O-])c1NCC1CCN(CC)C1. The summed E-state index contributed by atoms with van der Waals surface area (Å²) in [6.07, 6.45) is 2.05. The van der Waals surface area contributed by atoms with E-state index in [1.807, 2.05) is 6.92 Å². The molecule has 0 radical (unpaired) electrons. The third-order valence-corrected chi connectivity index (χ3v) is 4.09. The first-order valence-electron chi connectivity index (χ1n) is 7.74. The topological polar surface area (TPSA) is 76.2 Å². The number of hydrogen-bond donors (Lipinski definition) is 1. The van der Waals surface area contributed by atoms with E-state index in [0.717, 1.165) is 39.0 Å². The Balaban J connectivity index is 2.09. The molecule has 0 aromatic carbocycles. The van der Waals surface area contributed by atoms with Gasteiger partial charge in [-0.3, -0.25) is 10.1 Å². The molecule has 1 aliphatic heterocycles. The van der Waals surface area contributed by atoms with E-state index in [-0.39, 0.29) is 10.6 Å². The Hall–Kier alpha value is -1.63. The fourth-order valence-electron chi connectivity index (χ4n) is 2.95. The molecule has 0 saturated carbocycles. The quantitative estimate of drug-likeness (QED) is 0.617. The normalized spacial score (nSPS) is 19.1. The zero-order valence-corrected chi connectivity index (χ0v) is 13.1. The van der Waals surface area contributed by atoms with E-state index < -0.39 is 0 Å². The Kier molecular flexibility index (Phi) is 5.17. The molecule has 1 atom stereocenters. The molecule has 1 saturated heterocycles. The first kappa shape index (κ1) is 15.8. The Morgan fingerprint density at radius 2 is 2.24 bits per heavy atom. The molecule has 7 heteroatoms.